The highest BCUT2D eigenvalue weighted by molar-refractivity contribution is 7.89. The number of aromatic nitrogens is 3. The predicted octanol–water partition coefficient (Wildman–Crippen LogP) is 0.209. The van der Waals surface area contributed by atoms with Crippen LogP contribution >= 0.6 is 0 Å². The molecule has 2 aromatic rings. The van der Waals surface area contributed by atoms with Crippen molar-refractivity contribution in [3.63, 3.8) is 0 Å². The van der Waals surface area contributed by atoms with Crippen LogP contribution in [0.2, 0.25) is 0 Å². The number of hydrogen-bond donors (Lipinski definition) is 2. The SMILES string of the molecule is Cc1cc(S(=O)(=O)NCC(=O)N[C@@H](C)Cn2cncn2)ccc1F. The molecule has 1 aromatic heterocycles. The van der Waals surface area contributed by atoms with Gasteiger partial charge in [0.05, 0.1) is 18.0 Å². The Morgan fingerprint density at radius 1 is 1.42 bits per heavy atom. The topological polar surface area (TPSA) is 106 Å². The van der Waals surface area contributed by atoms with Gasteiger partial charge in [-0.1, -0.05) is 0 Å². The molecule has 130 valence electrons. The fourth-order valence-corrected chi connectivity index (χ4v) is 3.07. The van der Waals surface area contributed by atoms with Gasteiger partial charge in [0.1, 0.15) is 18.5 Å². The number of rotatable bonds is 7. The predicted molar refractivity (Wildman–Crippen MR) is 84.0 cm³/mol. The van der Waals surface area contributed by atoms with Gasteiger partial charge >= 0.3 is 0 Å². The van der Waals surface area contributed by atoms with Crippen LogP contribution in [0.4, 0.5) is 4.39 Å². The number of nitrogens with zero attached hydrogens (tertiary/aromatic N) is 3. The molecule has 1 heterocycles. The highest BCUT2D eigenvalue weighted by atomic mass is 32.2. The Labute approximate surface area is 139 Å². The normalized spacial score (nSPS) is 12.8. The molecule has 10 heteroatoms. The standard InChI is InChI=1S/C14H18FN5O3S/c1-10-5-12(3-4-13(10)15)24(22,23)18-6-14(21)19-11(2)7-20-9-16-8-17-20/h3-5,8-9,11,18H,6-7H2,1-2H3,(H,19,21)/t11-/m0/s1. The molecular formula is C14H18FN5O3S. The van der Waals surface area contributed by atoms with E-state index in [9.17, 15) is 17.6 Å². The summed E-state index contributed by atoms with van der Waals surface area (Å²) in [7, 11) is -3.89. The van der Waals surface area contributed by atoms with E-state index in [4.69, 9.17) is 0 Å². The van der Waals surface area contributed by atoms with Crippen molar-refractivity contribution in [3.05, 3.63) is 42.2 Å². The van der Waals surface area contributed by atoms with Crippen LogP contribution in [0.25, 0.3) is 0 Å². The number of nitrogens with one attached hydrogen (secondary N) is 2. The second-order valence-corrected chi connectivity index (χ2v) is 7.09. The lowest BCUT2D eigenvalue weighted by molar-refractivity contribution is -0.120. The van der Waals surface area contributed by atoms with Crippen molar-refractivity contribution in [2.75, 3.05) is 6.54 Å². The highest BCUT2D eigenvalue weighted by Crippen LogP contribution is 2.13. The Morgan fingerprint density at radius 2 is 2.17 bits per heavy atom. The van der Waals surface area contributed by atoms with Gasteiger partial charge in [0.15, 0.2) is 0 Å². The van der Waals surface area contributed by atoms with Crippen LogP contribution in [0.15, 0.2) is 35.7 Å². The number of amides is 1. The molecule has 2 rings (SSSR count). The third-order valence-corrected chi connectivity index (χ3v) is 4.60. The summed E-state index contributed by atoms with van der Waals surface area (Å²) in [5, 5.41) is 6.56. The molecule has 1 atom stereocenters. The Morgan fingerprint density at radius 3 is 2.79 bits per heavy atom. The average Bonchev–Trinajstić information content (AvgIpc) is 3.00. The molecule has 0 spiro atoms. The number of benzene rings is 1. The Hall–Kier alpha value is -2.33. The largest absolute Gasteiger partial charge is 0.351 e. The average molecular weight is 355 g/mol. The fourth-order valence-electron chi connectivity index (χ4n) is 2.01. The molecule has 8 nitrogen and oxygen atoms in total. The van der Waals surface area contributed by atoms with Crippen molar-refractivity contribution in [1.29, 1.82) is 0 Å². The Balaban J connectivity index is 1.89. The summed E-state index contributed by atoms with van der Waals surface area (Å²) in [5.74, 6) is -0.973. The lowest BCUT2D eigenvalue weighted by atomic mass is 10.2. The van der Waals surface area contributed by atoms with Crippen molar-refractivity contribution in [1.82, 2.24) is 24.8 Å². The molecule has 0 radical (unpaired) electrons. The molecule has 0 fully saturated rings. The minimum Gasteiger partial charge on any atom is -0.351 e. The molecule has 0 saturated carbocycles. The highest BCUT2D eigenvalue weighted by Gasteiger charge is 2.17. The van der Waals surface area contributed by atoms with Crippen molar-refractivity contribution in [2.45, 2.75) is 31.3 Å². The fraction of sp³-hybridized carbons (Fsp3) is 0.357. The second kappa shape index (κ2) is 7.49. The van der Waals surface area contributed by atoms with Crippen molar-refractivity contribution in [2.24, 2.45) is 0 Å². The van der Waals surface area contributed by atoms with Crippen LogP contribution in [-0.4, -0.2) is 41.7 Å². The molecule has 24 heavy (non-hydrogen) atoms. The molecule has 1 aromatic carbocycles. The third kappa shape index (κ3) is 4.83. The zero-order valence-electron chi connectivity index (χ0n) is 13.2. The smallest absolute Gasteiger partial charge is 0.241 e. The molecule has 0 aliphatic heterocycles. The van der Waals surface area contributed by atoms with E-state index >= 15 is 0 Å². The van der Waals surface area contributed by atoms with E-state index in [2.05, 4.69) is 20.1 Å². The van der Waals surface area contributed by atoms with E-state index in [1.54, 1.807) is 11.6 Å². The van der Waals surface area contributed by atoms with Crippen LogP contribution in [0.5, 0.6) is 0 Å². The van der Waals surface area contributed by atoms with E-state index < -0.39 is 28.3 Å². The summed E-state index contributed by atoms with van der Waals surface area (Å²) in [6.45, 7) is 3.22. The van der Waals surface area contributed by atoms with Gasteiger partial charge in [0.25, 0.3) is 0 Å². The number of sulfonamides is 1. The lowest BCUT2D eigenvalue weighted by Gasteiger charge is -2.14. The maximum absolute atomic E-state index is 13.2. The van der Waals surface area contributed by atoms with E-state index in [-0.39, 0.29) is 16.5 Å². The molecule has 2 N–H and O–H groups in total. The van der Waals surface area contributed by atoms with E-state index in [0.29, 0.717) is 6.54 Å². The molecule has 0 aliphatic carbocycles. The maximum atomic E-state index is 13.2. The van der Waals surface area contributed by atoms with Gasteiger partial charge in [-0.25, -0.2) is 22.5 Å². The minimum atomic E-state index is -3.89. The first-order chi connectivity index (χ1) is 11.3. The van der Waals surface area contributed by atoms with Gasteiger partial charge < -0.3 is 5.32 Å². The van der Waals surface area contributed by atoms with Crippen LogP contribution in [-0.2, 0) is 21.4 Å². The van der Waals surface area contributed by atoms with Crippen molar-refractivity contribution < 1.29 is 17.6 Å². The molecule has 1 amide bonds. The van der Waals surface area contributed by atoms with E-state index in [1.165, 1.54) is 25.6 Å². The van der Waals surface area contributed by atoms with Gasteiger partial charge in [-0.3, -0.25) is 9.48 Å². The number of halogens is 1. The minimum absolute atomic E-state index is 0.0927. The van der Waals surface area contributed by atoms with Gasteiger partial charge in [0, 0.05) is 6.04 Å². The number of carbonyl (C=O) groups excluding carboxylic acids is 1. The molecular weight excluding hydrogens is 337 g/mol. The zero-order valence-corrected chi connectivity index (χ0v) is 14.0. The van der Waals surface area contributed by atoms with Gasteiger partial charge in [-0.05, 0) is 37.6 Å². The number of aryl methyl sites for hydroxylation is 1. The first-order valence-electron chi connectivity index (χ1n) is 7.15. The first-order valence-corrected chi connectivity index (χ1v) is 8.64. The first kappa shape index (κ1) is 18.0. The summed E-state index contributed by atoms with van der Waals surface area (Å²) in [6.07, 6.45) is 2.90. The summed E-state index contributed by atoms with van der Waals surface area (Å²) < 4.78 is 41.2. The Bertz CT molecular complexity index is 808. The number of carbonyl (C=O) groups is 1. The summed E-state index contributed by atoms with van der Waals surface area (Å²) in [4.78, 5) is 15.5. The van der Waals surface area contributed by atoms with E-state index in [0.717, 1.165) is 12.1 Å². The second-order valence-electron chi connectivity index (χ2n) is 5.32. The summed E-state index contributed by atoms with van der Waals surface area (Å²) in [5.41, 5.74) is 0.212. The maximum Gasteiger partial charge on any atom is 0.241 e. The quantitative estimate of drug-likeness (QED) is 0.738. The molecule has 0 aliphatic rings. The molecule has 0 bridgehead atoms. The monoisotopic (exact) mass is 355 g/mol. The number of hydrogen-bond acceptors (Lipinski definition) is 5. The van der Waals surface area contributed by atoms with Gasteiger partial charge in [-0.15, -0.1) is 0 Å². The van der Waals surface area contributed by atoms with Crippen LogP contribution in [0.3, 0.4) is 0 Å². The van der Waals surface area contributed by atoms with Gasteiger partial charge in [0.2, 0.25) is 15.9 Å². The van der Waals surface area contributed by atoms with Crippen LogP contribution in [0, 0.1) is 12.7 Å². The lowest BCUT2D eigenvalue weighted by Crippen LogP contribution is -2.42. The van der Waals surface area contributed by atoms with Gasteiger partial charge in [-0.2, -0.15) is 5.10 Å². The zero-order chi connectivity index (χ0) is 17.7. The van der Waals surface area contributed by atoms with Crippen LogP contribution < -0.4 is 10.0 Å². The Kier molecular flexibility index (Phi) is 5.62. The van der Waals surface area contributed by atoms with Crippen molar-refractivity contribution in [3.8, 4) is 0 Å². The third-order valence-electron chi connectivity index (χ3n) is 3.20. The summed E-state index contributed by atoms with van der Waals surface area (Å²) >= 11 is 0. The summed E-state index contributed by atoms with van der Waals surface area (Å²) in [6, 6.07) is 3.18. The molecule has 0 saturated heterocycles. The molecule has 0 unspecified atom stereocenters. The van der Waals surface area contributed by atoms with Crippen molar-refractivity contribution >= 4 is 15.9 Å². The van der Waals surface area contributed by atoms with Crippen LogP contribution in [0.1, 0.15) is 12.5 Å². The van der Waals surface area contributed by atoms with E-state index in [1.807, 2.05) is 0 Å².